The minimum Gasteiger partial charge on any atom is -0.351 e. The number of amides is 1. The Morgan fingerprint density at radius 3 is 2.18 bits per heavy atom. The third kappa shape index (κ3) is 5.24. The Balaban J connectivity index is 0.00000441. The van der Waals surface area contributed by atoms with E-state index in [0.717, 1.165) is 0 Å². The van der Waals surface area contributed by atoms with Crippen molar-refractivity contribution < 1.29 is 13.2 Å². The largest absolute Gasteiger partial charge is 0.351 e. The molecule has 0 bridgehead atoms. The van der Waals surface area contributed by atoms with Crippen LogP contribution in [0.3, 0.4) is 0 Å². The predicted molar refractivity (Wildman–Crippen MR) is 90.0 cm³/mol. The zero-order valence-corrected chi connectivity index (χ0v) is 14.9. The molecule has 0 fully saturated rings. The second-order valence-corrected chi connectivity index (χ2v) is 7.00. The molecule has 1 aromatic carbocycles. The van der Waals surface area contributed by atoms with Crippen LogP contribution in [-0.4, -0.2) is 51.9 Å². The lowest BCUT2D eigenvalue weighted by molar-refractivity contribution is 0.0954. The van der Waals surface area contributed by atoms with E-state index in [-0.39, 0.29) is 29.3 Å². The van der Waals surface area contributed by atoms with Crippen LogP contribution in [0.2, 0.25) is 0 Å². The summed E-state index contributed by atoms with van der Waals surface area (Å²) in [6.45, 7) is 4.81. The fourth-order valence-electron chi connectivity index (χ4n) is 1.63. The van der Waals surface area contributed by atoms with Crippen molar-refractivity contribution in [2.45, 2.75) is 24.8 Å². The van der Waals surface area contributed by atoms with Gasteiger partial charge >= 0.3 is 0 Å². The van der Waals surface area contributed by atoms with E-state index in [1.54, 1.807) is 27.9 Å². The Bertz CT molecular complexity index is 574. The van der Waals surface area contributed by atoms with E-state index in [1.165, 1.54) is 28.6 Å². The van der Waals surface area contributed by atoms with Crippen LogP contribution in [0.1, 0.15) is 24.2 Å². The maximum absolute atomic E-state index is 12.3. The maximum atomic E-state index is 12.3. The van der Waals surface area contributed by atoms with Crippen molar-refractivity contribution in [2.24, 2.45) is 0 Å². The summed E-state index contributed by atoms with van der Waals surface area (Å²) in [5.74, 6) is -0.216. The van der Waals surface area contributed by atoms with Gasteiger partial charge in [0.25, 0.3) is 5.91 Å². The number of sulfonamides is 1. The van der Waals surface area contributed by atoms with Gasteiger partial charge in [-0.25, -0.2) is 8.42 Å². The Morgan fingerprint density at radius 1 is 1.18 bits per heavy atom. The first-order valence-corrected chi connectivity index (χ1v) is 8.25. The highest BCUT2D eigenvalue weighted by Gasteiger charge is 2.23. The average Bonchev–Trinajstić information content (AvgIpc) is 2.46. The Kier molecular flexibility index (Phi) is 8.62. The zero-order chi connectivity index (χ0) is 16.0. The van der Waals surface area contributed by atoms with Gasteiger partial charge in [0.2, 0.25) is 10.0 Å². The molecule has 1 amide bonds. The third-order valence-electron chi connectivity index (χ3n) is 3.18. The van der Waals surface area contributed by atoms with Crippen molar-refractivity contribution in [2.75, 3.05) is 27.2 Å². The van der Waals surface area contributed by atoms with E-state index in [0.29, 0.717) is 18.7 Å². The fourth-order valence-corrected chi connectivity index (χ4v) is 2.99. The Morgan fingerprint density at radius 2 is 1.73 bits per heavy atom. The van der Waals surface area contributed by atoms with E-state index in [1.807, 2.05) is 0 Å². The normalized spacial score (nSPS) is 11.4. The predicted octanol–water partition coefficient (Wildman–Crippen LogP) is 1.09. The Hall–Kier alpha value is -1.15. The van der Waals surface area contributed by atoms with Crippen molar-refractivity contribution in [1.29, 1.82) is 0 Å². The second kappa shape index (κ2) is 9.09. The number of hydrogen-bond acceptors (Lipinski definition) is 4. The van der Waals surface area contributed by atoms with Crippen molar-refractivity contribution in [3.63, 3.8) is 0 Å². The average molecular weight is 350 g/mol. The lowest BCUT2D eigenvalue weighted by Gasteiger charge is -2.21. The van der Waals surface area contributed by atoms with Crippen molar-refractivity contribution >= 4 is 28.3 Å². The monoisotopic (exact) mass is 349 g/mol. The molecule has 0 unspecified atom stereocenters. The molecule has 0 atom stereocenters. The van der Waals surface area contributed by atoms with Gasteiger partial charge in [0.05, 0.1) is 4.90 Å². The fraction of sp³-hybridized carbons (Fsp3) is 0.500. The van der Waals surface area contributed by atoms with Gasteiger partial charge in [-0.3, -0.25) is 4.79 Å². The first kappa shape index (κ1) is 20.9. The summed E-state index contributed by atoms with van der Waals surface area (Å²) >= 11 is 0. The van der Waals surface area contributed by atoms with Crippen LogP contribution in [0.25, 0.3) is 0 Å². The number of nitrogens with one attached hydrogen (secondary N) is 2. The molecule has 0 aliphatic carbocycles. The van der Waals surface area contributed by atoms with Crippen LogP contribution in [0.5, 0.6) is 0 Å². The summed E-state index contributed by atoms with van der Waals surface area (Å²) in [6, 6.07) is 5.84. The molecule has 1 rings (SSSR count). The number of carbonyl (C=O) groups is 1. The first-order valence-electron chi connectivity index (χ1n) is 6.81. The molecule has 22 heavy (non-hydrogen) atoms. The van der Waals surface area contributed by atoms with Gasteiger partial charge in [-0.05, 0) is 45.2 Å². The lowest BCUT2D eigenvalue weighted by Crippen LogP contribution is -2.33. The quantitative estimate of drug-likeness (QED) is 0.722. The topological polar surface area (TPSA) is 78.5 Å². The molecule has 0 aliphatic heterocycles. The van der Waals surface area contributed by atoms with Gasteiger partial charge in [0.15, 0.2) is 0 Å². The van der Waals surface area contributed by atoms with Crippen LogP contribution >= 0.6 is 12.4 Å². The summed E-state index contributed by atoms with van der Waals surface area (Å²) in [4.78, 5) is 12.0. The molecule has 126 valence electrons. The van der Waals surface area contributed by atoms with E-state index in [4.69, 9.17) is 0 Å². The number of likely N-dealkylation sites (N-methyl/N-ethyl adjacent to an activating group) is 1. The molecule has 0 radical (unpaired) electrons. The standard InChI is InChI=1S/C14H23N3O3S.ClH/c1-11(2)17(4)21(19,20)13-7-5-12(6-8-13)14(18)16-10-9-15-3;/h5-8,11,15H,9-10H2,1-4H3,(H,16,18);1H. The zero-order valence-electron chi connectivity index (χ0n) is 13.3. The molecule has 1 aromatic rings. The van der Waals surface area contributed by atoms with E-state index in [2.05, 4.69) is 10.6 Å². The molecule has 0 spiro atoms. The molecule has 2 N–H and O–H groups in total. The van der Waals surface area contributed by atoms with Gasteiger partial charge in [0, 0.05) is 31.7 Å². The van der Waals surface area contributed by atoms with Gasteiger partial charge in [0.1, 0.15) is 0 Å². The number of nitrogens with zero attached hydrogens (tertiary/aromatic N) is 1. The first-order chi connectivity index (χ1) is 9.80. The summed E-state index contributed by atoms with van der Waals surface area (Å²) in [6.07, 6.45) is 0. The molecule has 8 heteroatoms. The molecule has 0 aliphatic rings. The van der Waals surface area contributed by atoms with Crippen LogP contribution < -0.4 is 10.6 Å². The molecular weight excluding hydrogens is 326 g/mol. The SMILES string of the molecule is CNCCNC(=O)c1ccc(S(=O)(=O)N(C)C(C)C)cc1.Cl. The van der Waals surface area contributed by atoms with Gasteiger partial charge < -0.3 is 10.6 Å². The maximum Gasteiger partial charge on any atom is 0.251 e. The highest BCUT2D eigenvalue weighted by atomic mass is 35.5. The minimum absolute atomic E-state index is 0. The van der Waals surface area contributed by atoms with E-state index in [9.17, 15) is 13.2 Å². The van der Waals surface area contributed by atoms with Crippen LogP contribution in [-0.2, 0) is 10.0 Å². The van der Waals surface area contributed by atoms with E-state index < -0.39 is 10.0 Å². The molecule has 0 saturated heterocycles. The summed E-state index contributed by atoms with van der Waals surface area (Å²) in [5.41, 5.74) is 0.442. The summed E-state index contributed by atoms with van der Waals surface area (Å²) in [7, 11) is -0.167. The van der Waals surface area contributed by atoms with E-state index >= 15 is 0 Å². The number of hydrogen-bond donors (Lipinski definition) is 2. The second-order valence-electron chi connectivity index (χ2n) is 5.00. The van der Waals surface area contributed by atoms with Gasteiger partial charge in [-0.15, -0.1) is 12.4 Å². The number of carbonyl (C=O) groups excluding carboxylic acids is 1. The Labute approximate surface area is 138 Å². The third-order valence-corrected chi connectivity index (χ3v) is 5.23. The van der Waals surface area contributed by atoms with Crippen molar-refractivity contribution in [3.05, 3.63) is 29.8 Å². The van der Waals surface area contributed by atoms with Gasteiger partial charge in [-0.2, -0.15) is 4.31 Å². The minimum atomic E-state index is -3.51. The number of rotatable bonds is 7. The number of benzene rings is 1. The highest BCUT2D eigenvalue weighted by molar-refractivity contribution is 7.89. The molecule has 0 aromatic heterocycles. The summed E-state index contributed by atoms with van der Waals surface area (Å²) < 4.78 is 25.9. The smallest absolute Gasteiger partial charge is 0.251 e. The van der Waals surface area contributed by atoms with Crippen LogP contribution in [0, 0.1) is 0 Å². The molecule has 6 nitrogen and oxygen atoms in total. The molecular formula is C14H24ClN3O3S. The van der Waals surface area contributed by atoms with Gasteiger partial charge in [-0.1, -0.05) is 0 Å². The van der Waals surface area contributed by atoms with Crippen LogP contribution in [0.4, 0.5) is 0 Å². The highest BCUT2D eigenvalue weighted by Crippen LogP contribution is 2.17. The number of halogens is 1. The molecule has 0 saturated carbocycles. The van der Waals surface area contributed by atoms with Crippen molar-refractivity contribution in [3.8, 4) is 0 Å². The molecule has 0 heterocycles. The summed E-state index contributed by atoms with van der Waals surface area (Å²) in [5, 5.41) is 5.66. The lowest BCUT2D eigenvalue weighted by atomic mass is 10.2. The van der Waals surface area contributed by atoms with Crippen LogP contribution in [0.15, 0.2) is 29.2 Å². The van der Waals surface area contributed by atoms with Crippen molar-refractivity contribution in [1.82, 2.24) is 14.9 Å².